The van der Waals surface area contributed by atoms with Crippen molar-refractivity contribution in [2.45, 2.75) is 53.4 Å². The van der Waals surface area contributed by atoms with Crippen LogP contribution < -0.4 is 4.74 Å². The highest BCUT2D eigenvalue weighted by Crippen LogP contribution is 2.39. The number of carbonyl (C=O) groups is 1. The van der Waals surface area contributed by atoms with Gasteiger partial charge in [-0.05, 0) is 48.8 Å². The first kappa shape index (κ1) is 15.8. The smallest absolute Gasteiger partial charge is 0.241 e. The average Bonchev–Trinajstić information content (AvgIpc) is 2.10. The molecule has 0 unspecified atom stereocenters. The fraction of sp³-hybridized carbons (Fsp3) is 0.562. The molecule has 2 nitrogen and oxygen atoms in total. The summed E-state index contributed by atoms with van der Waals surface area (Å²) >= 11 is 0. The molecule has 0 heterocycles. The van der Waals surface area contributed by atoms with Gasteiger partial charge in [-0.15, -0.1) is 0 Å². The minimum atomic E-state index is -0.758. The lowest BCUT2D eigenvalue weighted by atomic mass is 9.75. The summed E-state index contributed by atoms with van der Waals surface area (Å²) in [5.41, 5.74) is 3.22. The molecule has 0 aliphatic heterocycles. The average molecular weight is 258 g/mol. The Bertz CT molecular complexity index is 476. The molecule has 0 bridgehead atoms. The third kappa shape index (κ3) is 4.12. The second-order valence-electron chi connectivity index (χ2n) is 6.36. The Hall–Kier alpha value is -1.25. The van der Waals surface area contributed by atoms with Crippen LogP contribution in [0.1, 0.15) is 50.8 Å². The van der Waals surface area contributed by atoms with Crippen molar-refractivity contribution in [2.24, 2.45) is 5.92 Å². The summed E-state index contributed by atoms with van der Waals surface area (Å²) in [7, 11) is 5.18. The van der Waals surface area contributed by atoms with Crippen molar-refractivity contribution in [2.75, 3.05) is 0 Å². The van der Waals surface area contributed by atoms with Crippen LogP contribution >= 0.6 is 0 Å². The minimum Gasteiger partial charge on any atom is -0.435 e. The van der Waals surface area contributed by atoms with Gasteiger partial charge in [0.1, 0.15) is 5.75 Å². The second kappa shape index (κ2) is 5.81. The lowest BCUT2D eigenvalue weighted by molar-refractivity contribution is 0.224. The van der Waals surface area contributed by atoms with Gasteiger partial charge in [-0.2, -0.15) is 0 Å². The predicted octanol–water partition coefficient (Wildman–Crippen LogP) is 4.29. The summed E-state index contributed by atoms with van der Waals surface area (Å²) < 4.78 is 5.21. The van der Waals surface area contributed by atoms with Gasteiger partial charge < -0.3 is 4.74 Å². The fourth-order valence-electron chi connectivity index (χ4n) is 3.11. The summed E-state index contributed by atoms with van der Waals surface area (Å²) in [4.78, 5) is 11.1. The topological polar surface area (TPSA) is 26.3 Å². The number of hydrogen-bond acceptors (Lipinski definition) is 2. The molecule has 2 radical (unpaired) electrons. The Kier molecular flexibility index (Phi) is 4.83. The van der Waals surface area contributed by atoms with E-state index in [-0.39, 0.29) is 5.41 Å². The zero-order valence-electron chi connectivity index (χ0n) is 12.8. The van der Waals surface area contributed by atoms with E-state index in [1.807, 2.05) is 13.0 Å². The SMILES string of the molecule is [B]C(=O)Oc1cc(C)cc(C)c1C(C)(C)CC(C)C. The van der Waals surface area contributed by atoms with Gasteiger partial charge in [0.25, 0.3) is 0 Å². The number of rotatable bonds is 4. The lowest BCUT2D eigenvalue weighted by Crippen LogP contribution is -2.23. The molecule has 1 rings (SSSR count). The quantitative estimate of drug-likeness (QED) is 0.753. The van der Waals surface area contributed by atoms with E-state index in [2.05, 4.69) is 40.7 Å². The molecule has 0 amide bonds. The molecule has 0 aromatic heterocycles. The number of hydrogen-bond donors (Lipinski definition) is 0. The Morgan fingerprint density at radius 2 is 1.89 bits per heavy atom. The summed E-state index contributed by atoms with van der Waals surface area (Å²) in [6, 6.07) is 4.00. The first-order chi connectivity index (χ1) is 8.63. The van der Waals surface area contributed by atoms with Crippen molar-refractivity contribution in [1.82, 2.24) is 0 Å². The fourth-order valence-corrected chi connectivity index (χ4v) is 3.11. The van der Waals surface area contributed by atoms with Gasteiger partial charge >= 0.3 is 0 Å². The Balaban J connectivity index is 3.35. The van der Waals surface area contributed by atoms with E-state index in [0.717, 1.165) is 23.1 Å². The van der Waals surface area contributed by atoms with Crippen LogP contribution in [0, 0.1) is 19.8 Å². The van der Waals surface area contributed by atoms with E-state index in [1.165, 1.54) is 0 Å². The van der Waals surface area contributed by atoms with E-state index in [0.29, 0.717) is 11.7 Å². The van der Waals surface area contributed by atoms with Crippen LogP contribution in [0.4, 0.5) is 4.79 Å². The molecule has 3 heteroatoms. The normalized spacial score (nSPS) is 11.7. The maximum atomic E-state index is 11.1. The molecule has 0 saturated carbocycles. The zero-order chi connectivity index (χ0) is 14.8. The predicted molar refractivity (Wildman–Crippen MR) is 80.2 cm³/mol. The molecule has 0 spiro atoms. The Labute approximate surface area is 118 Å². The van der Waals surface area contributed by atoms with Gasteiger partial charge in [-0.1, -0.05) is 33.8 Å². The molecule has 0 aliphatic rings. The summed E-state index contributed by atoms with van der Waals surface area (Å²) in [6.45, 7) is 12.8. The van der Waals surface area contributed by atoms with Gasteiger partial charge in [-0.3, -0.25) is 4.79 Å². The Morgan fingerprint density at radius 1 is 1.32 bits per heavy atom. The maximum absolute atomic E-state index is 11.1. The van der Waals surface area contributed by atoms with Crippen LogP contribution in [-0.2, 0) is 5.41 Å². The van der Waals surface area contributed by atoms with Gasteiger partial charge in [0.2, 0.25) is 13.7 Å². The van der Waals surface area contributed by atoms with Crippen molar-refractivity contribution >= 4 is 13.7 Å². The van der Waals surface area contributed by atoms with Crippen molar-refractivity contribution < 1.29 is 9.53 Å². The van der Waals surface area contributed by atoms with Crippen LogP contribution in [0.25, 0.3) is 0 Å². The van der Waals surface area contributed by atoms with E-state index >= 15 is 0 Å². The molecule has 102 valence electrons. The number of benzene rings is 1. The number of aryl methyl sites for hydroxylation is 2. The van der Waals surface area contributed by atoms with E-state index in [4.69, 9.17) is 12.6 Å². The van der Waals surface area contributed by atoms with Gasteiger partial charge in [-0.25, -0.2) is 0 Å². The second-order valence-corrected chi connectivity index (χ2v) is 6.36. The van der Waals surface area contributed by atoms with E-state index < -0.39 is 5.87 Å². The monoisotopic (exact) mass is 258 g/mol. The molecule has 1 aromatic rings. The molecule has 0 N–H and O–H groups in total. The van der Waals surface area contributed by atoms with E-state index in [9.17, 15) is 4.79 Å². The summed E-state index contributed by atoms with van der Waals surface area (Å²) in [5.74, 6) is 0.402. The molecule has 0 aliphatic carbocycles. The van der Waals surface area contributed by atoms with Crippen LogP contribution in [0.5, 0.6) is 5.75 Å². The van der Waals surface area contributed by atoms with E-state index in [1.54, 1.807) is 0 Å². The summed E-state index contributed by atoms with van der Waals surface area (Å²) in [6.07, 6.45) is 1.02. The molecule has 0 saturated heterocycles. The molecular weight excluding hydrogens is 235 g/mol. The Morgan fingerprint density at radius 3 is 2.37 bits per heavy atom. The van der Waals surface area contributed by atoms with Crippen molar-refractivity contribution in [3.05, 3.63) is 28.8 Å². The first-order valence-corrected chi connectivity index (χ1v) is 6.72. The molecule has 1 aromatic carbocycles. The van der Waals surface area contributed by atoms with Gasteiger partial charge in [0.15, 0.2) is 0 Å². The van der Waals surface area contributed by atoms with Crippen LogP contribution in [0.15, 0.2) is 12.1 Å². The third-order valence-electron chi connectivity index (χ3n) is 3.25. The van der Waals surface area contributed by atoms with Crippen molar-refractivity contribution in [3.8, 4) is 5.75 Å². The molecule has 19 heavy (non-hydrogen) atoms. The summed E-state index contributed by atoms with van der Waals surface area (Å²) in [5, 5.41) is 0. The van der Waals surface area contributed by atoms with Gasteiger partial charge in [0, 0.05) is 5.56 Å². The zero-order valence-corrected chi connectivity index (χ0v) is 12.8. The van der Waals surface area contributed by atoms with Gasteiger partial charge in [0.05, 0.1) is 0 Å². The largest absolute Gasteiger partial charge is 0.435 e. The molecule has 0 fully saturated rings. The standard InChI is InChI=1S/C16H23BO2/c1-10(2)9-16(5,6)14-12(4)7-11(3)8-13(14)19-15(17)18/h7-8,10H,9H2,1-6H3. The minimum absolute atomic E-state index is 0.0588. The highest BCUT2D eigenvalue weighted by molar-refractivity contribution is 6.55. The van der Waals surface area contributed by atoms with Crippen LogP contribution in [0.2, 0.25) is 0 Å². The third-order valence-corrected chi connectivity index (χ3v) is 3.25. The van der Waals surface area contributed by atoms with Crippen molar-refractivity contribution in [1.29, 1.82) is 0 Å². The molecular formula is C16H23BO2. The first-order valence-electron chi connectivity index (χ1n) is 6.72. The molecule has 0 atom stereocenters. The number of carbonyl (C=O) groups excluding carboxylic acids is 1. The maximum Gasteiger partial charge on any atom is 0.241 e. The number of ether oxygens (including phenoxy) is 1. The highest BCUT2D eigenvalue weighted by atomic mass is 16.5. The van der Waals surface area contributed by atoms with Crippen molar-refractivity contribution in [3.63, 3.8) is 0 Å². The van der Waals surface area contributed by atoms with Crippen LogP contribution in [-0.4, -0.2) is 13.7 Å². The van der Waals surface area contributed by atoms with Crippen LogP contribution in [0.3, 0.4) is 0 Å². The highest BCUT2D eigenvalue weighted by Gasteiger charge is 2.28. The lowest BCUT2D eigenvalue weighted by Gasteiger charge is -2.31.